The zero-order chi connectivity index (χ0) is 17.9. The molecule has 5 nitrogen and oxygen atoms in total. The van der Waals surface area contributed by atoms with Gasteiger partial charge >= 0.3 is 0 Å². The maximum Gasteiger partial charge on any atom is 0.191 e. The fourth-order valence-electron chi connectivity index (χ4n) is 3.32. The summed E-state index contributed by atoms with van der Waals surface area (Å²) in [6.45, 7) is 10.2. The predicted molar refractivity (Wildman–Crippen MR) is 120 cm³/mol. The molecule has 0 bridgehead atoms. The van der Waals surface area contributed by atoms with E-state index in [0.29, 0.717) is 18.9 Å². The normalized spacial score (nSPS) is 19.5. The van der Waals surface area contributed by atoms with Crippen LogP contribution >= 0.6 is 24.0 Å². The van der Waals surface area contributed by atoms with Crippen molar-refractivity contribution < 1.29 is 5.11 Å². The van der Waals surface area contributed by atoms with Gasteiger partial charge in [0.25, 0.3) is 0 Å². The van der Waals surface area contributed by atoms with Crippen molar-refractivity contribution in [1.29, 1.82) is 0 Å². The molecule has 0 amide bonds. The van der Waals surface area contributed by atoms with Gasteiger partial charge in [-0.1, -0.05) is 37.3 Å². The summed E-state index contributed by atoms with van der Waals surface area (Å²) in [6.07, 6.45) is 2.78. The molecule has 0 saturated carbocycles. The number of halogens is 1. The van der Waals surface area contributed by atoms with Gasteiger partial charge in [0.05, 0.1) is 6.10 Å². The average molecular weight is 474 g/mol. The highest BCUT2D eigenvalue weighted by Gasteiger charge is 2.18. The van der Waals surface area contributed by atoms with E-state index >= 15 is 0 Å². The van der Waals surface area contributed by atoms with Crippen molar-refractivity contribution in [3.63, 3.8) is 0 Å². The van der Waals surface area contributed by atoms with Gasteiger partial charge in [-0.25, -0.2) is 0 Å². The molecule has 1 fully saturated rings. The third kappa shape index (κ3) is 8.22. The van der Waals surface area contributed by atoms with Crippen LogP contribution in [0.3, 0.4) is 0 Å². The van der Waals surface area contributed by atoms with E-state index < -0.39 is 6.10 Å². The first kappa shape index (κ1) is 23.2. The summed E-state index contributed by atoms with van der Waals surface area (Å²) in [5.41, 5.74) is 0.966. The molecule has 148 valence electrons. The minimum Gasteiger partial charge on any atom is -0.388 e. The molecule has 0 spiro atoms. The molecule has 1 heterocycles. The quantitative estimate of drug-likeness (QED) is 0.308. The van der Waals surface area contributed by atoms with E-state index in [-0.39, 0.29) is 24.0 Å². The van der Waals surface area contributed by atoms with Gasteiger partial charge in [0.15, 0.2) is 5.96 Å². The zero-order valence-corrected chi connectivity index (χ0v) is 18.5. The van der Waals surface area contributed by atoms with E-state index in [9.17, 15) is 5.11 Å². The maximum absolute atomic E-state index is 10.2. The van der Waals surface area contributed by atoms with Crippen LogP contribution in [0.15, 0.2) is 35.3 Å². The topological polar surface area (TPSA) is 59.9 Å². The number of hydrogen-bond acceptors (Lipinski definition) is 3. The number of aliphatic hydroxyl groups is 1. The Kier molecular flexibility index (Phi) is 11.9. The SMILES string of the molecule is CCNC(=NCC1CCCN(CC)C1)NCCC(O)c1ccccc1.I. The van der Waals surface area contributed by atoms with Crippen molar-refractivity contribution in [1.82, 2.24) is 15.5 Å². The van der Waals surface area contributed by atoms with Gasteiger partial charge < -0.3 is 20.6 Å². The Hall–Kier alpha value is -0.860. The molecule has 1 aliphatic heterocycles. The number of rotatable bonds is 8. The predicted octanol–water partition coefficient (Wildman–Crippen LogP) is 3.02. The molecule has 1 aromatic rings. The second-order valence-corrected chi connectivity index (χ2v) is 6.76. The zero-order valence-electron chi connectivity index (χ0n) is 16.2. The third-order valence-electron chi connectivity index (χ3n) is 4.80. The number of guanidine groups is 1. The van der Waals surface area contributed by atoms with Crippen LogP contribution in [0.1, 0.15) is 44.8 Å². The van der Waals surface area contributed by atoms with Crippen molar-refractivity contribution in [3.05, 3.63) is 35.9 Å². The van der Waals surface area contributed by atoms with Crippen molar-refractivity contribution in [2.45, 2.75) is 39.2 Å². The summed E-state index contributed by atoms with van der Waals surface area (Å²) in [5.74, 6) is 1.51. The van der Waals surface area contributed by atoms with Gasteiger partial charge in [0.2, 0.25) is 0 Å². The van der Waals surface area contributed by atoms with Gasteiger partial charge in [0, 0.05) is 26.2 Å². The van der Waals surface area contributed by atoms with Crippen molar-refractivity contribution in [3.8, 4) is 0 Å². The Morgan fingerprint density at radius 3 is 2.73 bits per heavy atom. The van der Waals surface area contributed by atoms with Crippen LogP contribution in [-0.4, -0.2) is 55.2 Å². The summed E-state index contributed by atoms with van der Waals surface area (Å²) in [4.78, 5) is 7.28. The van der Waals surface area contributed by atoms with E-state index in [1.807, 2.05) is 30.3 Å². The molecule has 1 aromatic carbocycles. The fraction of sp³-hybridized carbons (Fsp3) is 0.650. The van der Waals surface area contributed by atoms with Gasteiger partial charge in [-0.15, -0.1) is 24.0 Å². The molecule has 2 unspecified atom stereocenters. The lowest BCUT2D eigenvalue weighted by molar-refractivity contribution is 0.168. The fourth-order valence-corrected chi connectivity index (χ4v) is 3.32. The van der Waals surface area contributed by atoms with Crippen molar-refractivity contribution >= 4 is 29.9 Å². The Morgan fingerprint density at radius 2 is 2.04 bits per heavy atom. The van der Waals surface area contributed by atoms with Crippen LogP contribution in [0.4, 0.5) is 0 Å². The summed E-state index contributed by atoms with van der Waals surface area (Å²) < 4.78 is 0. The molecule has 1 saturated heterocycles. The van der Waals surface area contributed by atoms with Gasteiger partial charge in [-0.3, -0.25) is 4.99 Å². The molecular weight excluding hydrogens is 439 g/mol. The van der Waals surface area contributed by atoms with Crippen LogP contribution in [0.2, 0.25) is 0 Å². The Bertz CT molecular complexity index is 512. The van der Waals surface area contributed by atoms with Gasteiger partial charge in [-0.2, -0.15) is 0 Å². The summed E-state index contributed by atoms with van der Waals surface area (Å²) in [7, 11) is 0. The highest BCUT2D eigenvalue weighted by molar-refractivity contribution is 14.0. The monoisotopic (exact) mass is 474 g/mol. The maximum atomic E-state index is 10.2. The lowest BCUT2D eigenvalue weighted by Crippen LogP contribution is -2.40. The number of aliphatic imine (C=N–C) groups is 1. The second kappa shape index (κ2) is 13.3. The first-order valence-electron chi connectivity index (χ1n) is 9.70. The van der Waals surface area contributed by atoms with E-state index in [2.05, 4.69) is 29.4 Å². The third-order valence-corrected chi connectivity index (χ3v) is 4.80. The van der Waals surface area contributed by atoms with Crippen LogP contribution in [0.25, 0.3) is 0 Å². The standard InChI is InChI=1S/C20H34N4O.HI/c1-3-21-20(23-15-17-9-8-14-24(4-2)16-17)22-13-12-19(25)18-10-6-5-7-11-18;/h5-7,10-11,17,19,25H,3-4,8-9,12-16H2,1-2H3,(H2,21,22,23);1H. The average Bonchev–Trinajstić information content (AvgIpc) is 2.66. The minimum atomic E-state index is -0.437. The van der Waals surface area contributed by atoms with E-state index in [0.717, 1.165) is 37.7 Å². The number of nitrogens with zero attached hydrogens (tertiary/aromatic N) is 2. The molecule has 0 aromatic heterocycles. The van der Waals surface area contributed by atoms with E-state index in [1.54, 1.807) is 0 Å². The Morgan fingerprint density at radius 1 is 1.27 bits per heavy atom. The van der Waals surface area contributed by atoms with Crippen LogP contribution in [0.5, 0.6) is 0 Å². The van der Waals surface area contributed by atoms with E-state index in [4.69, 9.17) is 4.99 Å². The molecule has 0 aliphatic carbocycles. The smallest absolute Gasteiger partial charge is 0.191 e. The molecular formula is C20H35IN4O. The van der Waals surface area contributed by atoms with Crippen LogP contribution in [0, 0.1) is 5.92 Å². The molecule has 1 aliphatic rings. The first-order valence-corrected chi connectivity index (χ1v) is 9.70. The molecule has 26 heavy (non-hydrogen) atoms. The first-order chi connectivity index (χ1) is 12.2. The van der Waals surface area contributed by atoms with Crippen LogP contribution in [-0.2, 0) is 0 Å². The number of nitrogens with one attached hydrogen (secondary N) is 2. The van der Waals surface area contributed by atoms with Crippen LogP contribution < -0.4 is 10.6 Å². The van der Waals surface area contributed by atoms with Crippen molar-refractivity contribution in [2.24, 2.45) is 10.9 Å². The molecule has 3 N–H and O–H groups in total. The summed E-state index contributed by atoms with van der Waals surface area (Å²) in [5, 5.41) is 16.9. The highest BCUT2D eigenvalue weighted by Crippen LogP contribution is 2.16. The number of piperidine rings is 1. The largest absolute Gasteiger partial charge is 0.388 e. The van der Waals surface area contributed by atoms with Gasteiger partial charge in [-0.05, 0) is 50.8 Å². The second-order valence-electron chi connectivity index (χ2n) is 6.76. The lowest BCUT2D eigenvalue weighted by Gasteiger charge is -2.31. The highest BCUT2D eigenvalue weighted by atomic mass is 127. The van der Waals surface area contributed by atoms with E-state index in [1.165, 1.54) is 19.4 Å². The number of aliphatic hydroxyl groups excluding tert-OH is 1. The summed E-state index contributed by atoms with van der Waals surface area (Å²) in [6, 6.07) is 9.82. The minimum absolute atomic E-state index is 0. The lowest BCUT2D eigenvalue weighted by atomic mass is 9.98. The molecule has 2 atom stereocenters. The van der Waals surface area contributed by atoms with Gasteiger partial charge in [0.1, 0.15) is 0 Å². The summed E-state index contributed by atoms with van der Waals surface area (Å²) >= 11 is 0. The Balaban J connectivity index is 0.00000338. The van der Waals surface area contributed by atoms with Crippen molar-refractivity contribution in [2.75, 3.05) is 39.3 Å². The number of likely N-dealkylation sites (tertiary alicyclic amines) is 1. The number of benzene rings is 1. The Labute approximate surface area is 175 Å². The molecule has 6 heteroatoms. The molecule has 0 radical (unpaired) electrons. The molecule has 2 rings (SSSR count). The number of hydrogen-bond donors (Lipinski definition) is 3.